The van der Waals surface area contributed by atoms with E-state index in [0.29, 0.717) is 17.0 Å². The van der Waals surface area contributed by atoms with Gasteiger partial charge in [-0.3, -0.25) is 4.79 Å². The Balaban J connectivity index is 2.30. The summed E-state index contributed by atoms with van der Waals surface area (Å²) in [6.07, 6.45) is 0.364. The van der Waals surface area contributed by atoms with Crippen LogP contribution in [0.5, 0.6) is 0 Å². The van der Waals surface area contributed by atoms with Gasteiger partial charge in [0, 0.05) is 16.8 Å². The van der Waals surface area contributed by atoms with E-state index >= 15 is 0 Å². The molecule has 0 saturated carbocycles. The summed E-state index contributed by atoms with van der Waals surface area (Å²) in [4.78, 5) is 15.7. The van der Waals surface area contributed by atoms with E-state index in [0.717, 1.165) is 10.7 Å². The third-order valence-corrected chi connectivity index (χ3v) is 3.83. The molecular weight excluding hydrogens is 270 g/mol. The Hall–Kier alpha value is -1.39. The van der Waals surface area contributed by atoms with Crippen LogP contribution in [0.4, 0.5) is 0 Å². The molecule has 0 aliphatic heterocycles. The van der Waals surface area contributed by atoms with Gasteiger partial charge in [0.2, 0.25) is 0 Å². The fourth-order valence-corrected chi connectivity index (χ4v) is 2.69. The maximum Gasteiger partial charge on any atom is 0.311 e. The highest BCUT2D eigenvalue weighted by atomic mass is 35.5. The minimum atomic E-state index is -0.881. The molecule has 1 atom stereocenters. The van der Waals surface area contributed by atoms with E-state index in [1.807, 2.05) is 12.3 Å². The lowest BCUT2D eigenvalue weighted by molar-refractivity contribution is -0.138. The maximum absolute atomic E-state index is 11.4. The van der Waals surface area contributed by atoms with Crippen LogP contribution in [0.25, 0.3) is 0 Å². The summed E-state index contributed by atoms with van der Waals surface area (Å²) < 4.78 is 0. The highest BCUT2D eigenvalue weighted by Crippen LogP contribution is 2.28. The first-order valence-electron chi connectivity index (χ1n) is 5.46. The smallest absolute Gasteiger partial charge is 0.311 e. The number of benzene rings is 1. The van der Waals surface area contributed by atoms with E-state index < -0.39 is 11.9 Å². The second kappa shape index (κ2) is 5.50. The zero-order valence-electron chi connectivity index (χ0n) is 9.76. The Kier molecular flexibility index (Phi) is 3.99. The number of thiazole rings is 1. The van der Waals surface area contributed by atoms with Crippen LogP contribution >= 0.6 is 22.9 Å². The molecule has 0 bridgehead atoms. The second-order valence-electron chi connectivity index (χ2n) is 3.97. The van der Waals surface area contributed by atoms with Crippen molar-refractivity contribution in [1.82, 2.24) is 4.98 Å². The molecule has 3 nitrogen and oxygen atoms in total. The summed E-state index contributed by atoms with van der Waals surface area (Å²) in [7, 11) is 0. The average molecular weight is 282 g/mol. The first kappa shape index (κ1) is 13.1. The van der Waals surface area contributed by atoms with Gasteiger partial charge < -0.3 is 5.11 Å². The second-order valence-corrected chi connectivity index (χ2v) is 5.44. The molecule has 0 amide bonds. The molecule has 1 N–H and O–H groups in total. The summed E-state index contributed by atoms with van der Waals surface area (Å²) in [6, 6.07) is 7.04. The first-order chi connectivity index (χ1) is 8.58. The number of carboxylic acid groups (broad SMARTS) is 1. The lowest BCUT2D eigenvalue weighted by Crippen LogP contribution is -2.15. The van der Waals surface area contributed by atoms with Crippen molar-refractivity contribution < 1.29 is 9.90 Å². The van der Waals surface area contributed by atoms with Crippen LogP contribution in [0.2, 0.25) is 5.02 Å². The predicted octanol–water partition coefficient (Wildman–Crippen LogP) is 3.52. The van der Waals surface area contributed by atoms with Gasteiger partial charge in [-0.05, 0) is 18.6 Å². The maximum atomic E-state index is 11.4. The quantitative estimate of drug-likeness (QED) is 0.933. The van der Waals surface area contributed by atoms with Crippen molar-refractivity contribution in [1.29, 1.82) is 0 Å². The fourth-order valence-electron chi connectivity index (χ4n) is 1.80. The van der Waals surface area contributed by atoms with Crippen molar-refractivity contribution in [2.24, 2.45) is 0 Å². The molecule has 0 aliphatic carbocycles. The van der Waals surface area contributed by atoms with Crippen LogP contribution in [0.1, 0.15) is 22.2 Å². The van der Waals surface area contributed by atoms with E-state index in [1.165, 1.54) is 11.3 Å². The van der Waals surface area contributed by atoms with E-state index in [9.17, 15) is 9.90 Å². The Labute approximate surface area is 114 Å². The van der Waals surface area contributed by atoms with Crippen molar-refractivity contribution in [2.75, 3.05) is 0 Å². The van der Waals surface area contributed by atoms with E-state index in [1.54, 1.807) is 24.3 Å². The number of rotatable bonds is 4. The molecule has 1 unspecified atom stereocenters. The van der Waals surface area contributed by atoms with Gasteiger partial charge >= 0.3 is 5.97 Å². The number of nitrogens with zero attached hydrogens (tertiary/aromatic N) is 1. The third-order valence-electron chi connectivity index (χ3n) is 2.66. The average Bonchev–Trinajstić information content (AvgIpc) is 2.73. The molecule has 1 aromatic carbocycles. The summed E-state index contributed by atoms with van der Waals surface area (Å²) in [5, 5.41) is 12.6. The largest absolute Gasteiger partial charge is 0.481 e. The van der Waals surface area contributed by atoms with Crippen LogP contribution in [-0.4, -0.2) is 16.1 Å². The highest BCUT2D eigenvalue weighted by Gasteiger charge is 2.23. The van der Waals surface area contributed by atoms with Gasteiger partial charge in [0.05, 0.1) is 16.6 Å². The Morgan fingerprint density at radius 3 is 2.78 bits per heavy atom. The van der Waals surface area contributed by atoms with Gasteiger partial charge in [-0.2, -0.15) is 0 Å². The standard InChI is InChI=1S/C13H12ClNO2S/c1-8-15-9(7-18-8)6-11(13(16)17)10-4-2-3-5-12(10)14/h2-5,7,11H,6H2,1H3,(H,16,17). The van der Waals surface area contributed by atoms with E-state index in [-0.39, 0.29) is 0 Å². The summed E-state index contributed by atoms with van der Waals surface area (Å²) >= 11 is 7.57. The zero-order valence-corrected chi connectivity index (χ0v) is 11.3. The Morgan fingerprint density at radius 2 is 2.22 bits per heavy atom. The predicted molar refractivity (Wildman–Crippen MR) is 72.4 cm³/mol. The monoisotopic (exact) mass is 281 g/mol. The molecular formula is C13H12ClNO2S. The van der Waals surface area contributed by atoms with Gasteiger partial charge in [0.25, 0.3) is 0 Å². The molecule has 18 heavy (non-hydrogen) atoms. The van der Waals surface area contributed by atoms with Gasteiger partial charge in [-0.25, -0.2) is 4.98 Å². The fraction of sp³-hybridized carbons (Fsp3) is 0.231. The third kappa shape index (κ3) is 2.89. The van der Waals surface area contributed by atoms with Crippen molar-refractivity contribution in [3.05, 3.63) is 50.9 Å². The summed E-state index contributed by atoms with van der Waals surface area (Å²) in [6.45, 7) is 1.90. The molecule has 5 heteroatoms. The van der Waals surface area contributed by atoms with Crippen LogP contribution < -0.4 is 0 Å². The molecule has 2 rings (SSSR count). The highest BCUT2D eigenvalue weighted by molar-refractivity contribution is 7.09. The molecule has 0 radical (unpaired) electrons. The number of carbonyl (C=O) groups is 1. The SMILES string of the molecule is Cc1nc(CC(C(=O)O)c2ccccc2Cl)cs1. The Bertz CT molecular complexity index is 568. The van der Waals surface area contributed by atoms with Crippen LogP contribution in [0.3, 0.4) is 0 Å². The summed E-state index contributed by atoms with van der Waals surface area (Å²) in [5.74, 6) is -1.53. The number of aryl methyl sites for hydroxylation is 1. The number of halogens is 1. The molecule has 2 aromatic rings. The van der Waals surface area contributed by atoms with Crippen molar-refractivity contribution in [2.45, 2.75) is 19.3 Å². The van der Waals surface area contributed by atoms with Gasteiger partial charge in [-0.15, -0.1) is 11.3 Å². The minimum Gasteiger partial charge on any atom is -0.481 e. The van der Waals surface area contributed by atoms with Crippen molar-refractivity contribution in [3.8, 4) is 0 Å². The van der Waals surface area contributed by atoms with Crippen LogP contribution in [-0.2, 0) is 11.2 Å². The molecule has 1 heterocycles. The van der Waals surface area contributed by atoms with Crippen molar-refractivity contribution >= 4 is 28.9 Å². The molecule has 0 fully saturated rings. The molecule has 0 aliphatic rings. The van der Waals surface area contributed by atoms with Gasteiger partial charge in [0.15, 0.2) is 0 Å². The van der Waals surface area contributed by atoms with Gasteiger partial charge in [-0.1, -0.05) is 29.8 Å². The normalized spacial score (nSPS) is 12.3. The molecule has 1 aromatic heterocycles. The van der Waals surface area contributed by atoms with E-state index in [4.69, 9.17) is 11.6 Å². The number of hydrogen-bond acceptors (Lipinski definition) is 3. The molecule has 0 spiro atoms. The minimum absolute atomic E-state index is 0.364. The molecule has 0 saturated heterocycles. The number of carboxylic acids is 1. The topological polar surface area (TPSA) is 50.2 Å². The van der Waals surface area contributed by atoms with Gasteiger partial charge in [0.1, 0.15) is 0 Å². The summed E-state index contributed by atoms with van der Waals surface area (Å²) in [5.41, 5.74) is 1.43. The van der Waals surface area contributed by atoms with Crippen molar-refractivity contribution in [3.63, 3.8) is 0 Å². The zero-order chi connectivity index (χ0) is 13.1. The number of aromatic nitrogens is 1. The van der Waals surface area contributed by atoms with Crippen LogP contribution in [0.15, 0.2) is 29.6 Å². The van der Waals surface area contributed by atoms with E-state index in [2.05, 4.69) is 4.98 Å². The molecule has 94 valence electrons. The number of aliphatic carboxylic acids is 1. The van der Waals surface area contributed by atoms with Crippen LogP contribution in [0, 0.1) is 6.92 Å². The first-order valence-corrected chi connectivity index (χ1v) is 6.72. The Morgan fingerprint density at radius 1 is 1.50 bits per heavy atom. The lowest BCUT2D eigenvalue weighted by Gasteiger charge is -2.12. The number of hydrogen-bond donors (Lipinski definition) is 1. The lowest BCUT2D eigenvalue weighted by atomic mass is 9.94.